The Morgan fingerprint density at radius 1 is 1.79 bits per heavy atom. The molecule has 0 saturated carbocycles. The Kier molecular flexibility index (Phi) is 2.79. The van der Waals surface area contributed by atoms with Gasteiger partial charge in [-0.3, -0.25) is 4.68 Å². The maximum atomic E-state index is 9.85. The number of aliphatic hydroxyl groups is 1. The number of aryl methyl sites for hydroxylation is 1. The molecule has 0 spiro atoms. The van der Waals surface area contributed by atoms with E-state index in [1.165, 1.54) is 6.33 Å². The van der Waals surface area contributed by atoms with Crippen LogP contribution in [0.3, 0.4) is 0 Å². The van der Waals surface area contributed by atoms with E-state index in [-0.39, 0.29) is 6.10 Å². The highest BCUT2D eigenvalue weighted by Gasteiger charge is 2.22. The summed E-state index contributed by atoms with van der Waals surface area (Å²) in [6.07, 6.45) is 3.82. The van der Waals surface area contributed by atoms with Crippen LogP contribution in [0.5, 0.6) is 0 Å². The summed E-state index contributed by atoms with van der Waals surface area (Å²) in [5, 5.41) is 13.8. The van der Waals surface area contributed by atoms with Crippen LogP contribution < -0.4 is 0 Å². The molecule has 1 fully saturated rings. The van der Waals surface area contributed by atoms with Crippen LogP contribution in [0.1, 0.15) is 31.2 Å². The molecule has 0 radical (unpaired) electrons. The summed E-state index contributed by atoms with van der Waals surface area (Å²) in [4.78, 5) is 4.00. The standard InChI is InChI=1S/C9H15N3O2/c1-12-9(10-6-11-12)8(13)5-7-3-2-4-14-7/h6-8,13H,2-5H2,1H3. The van der Waals surface area contributed by atoms with Crippen molar-refractivity contribution in [2.45, 2.75) is 31.5 Å². The summed E-state index contributed by atoms with van der Waals surface area (Å²) in [5.74, 6) is 0.612. The summed E-state index contributed by atoms with van der Waals surface area (Å²) < 4.78 is 7.04. The Morgan fingerprint density at radius 2 is 2.64 bits per heavy atom. The van der Waals surface area contributed by atoms with Crippen molar-refractivity contribution >= 4 is 0 Å². The van der Waals surface area contributed by atoms with E-state index < -0.39 is 6.10 Å². The Balaban J connectivity index is 1.95. The van der Waals surface area contributed by atoms with E-state index in [0.717, 1.165) is 19.4 Å². The van der Waals surface area contributed by atoms with Crippen molar-refractivity contribution in [3.8, 4) is 0 Å². The Labute approximate surface area is 82.7 Å². The summed E-state index contributed by atoms with van der Waals surface area (Å²) >= 11 is 0. The fraction of sp³-hybridized carbons (Fsp3) is 0.778. The molecule has 2 unspecified atom stereocenters. The van der Waals surface area contributed by atoms with Gasteiger partial charge in [-0.2, -0.15) is 5.10 Å². The Hall–Kier alpha value is -0.940. The zero-order valence-electron chi connectivity index (χ0n) is 8.26. The van der Waals surface area contributed by atoms with Gasteiger partial charge >= 0.3 is 0 Å². The first-order valence-corrected chi connectivity index (χ1v) is 4.91. The molecule has 1 aromatic rings. The molecule has 78 valence electrons. The highest BCUT2D eigenvalue weighted by atomic mass is 16.5. The number of aromatic nitrogens is 3. The predicted octanol–water partition coefficient (Wildman–Crippen LogP) is 0.418. The Morgan fingerprint density at radius 3 is 3.21 bits per heavy atom. The molecule has 1 N–H and O–H groups in total. The third kappa shape index (κ3) is 1.93. The van der Waals surface area contributed by atoms with Crippen molar-refractivity contribution in [2.24, 2.45) is 7.05 Å². The van der Waals surface area contributed by atoms with Crippen LogP contribution in [0.25, 0.3) is 0 Å². The van der Waals surface area contributed by atoms with Gasteiger partial charge in [0.25, 0.3) is 0 Å². The van der Waals surface area contributed by atoms with E-state index in [4.69, 9.17) is 4.74 Å². The SMILES string of the molecule is Cn1ncnc1C(O)CC1CCCO1. The summed E-state index contributed by atoms with van der Waals surface area (Å²) in [7, 11) is 1.78. The first-order chi connectivity index (χ1) is 6.77. The molecule has 1 aliphatic heterocycles. The minimum absolute atomic E-state index is 0.182. The number of aliphatic hydroxyl groups excluding tert-OH is 1. The highest BCUT2D eigenvalue weighted by Crippen LogP contribution is 2.23. The molecule has 0 aliphatic carbocycles. The fourth-order valence-electron chi connectivity index (χ4n) is 1.79. The molecule has 0 aromatic carbocycles. The second kappa shape index (κ2) is 4.06. The highest BCUT2D eigenvalue weighted by molar-refractivity contribution is 4.90. The number of nitrogens with zero attached hydrogens (tertiary/aromatic N) is 3. The second-order valence-electron chi connectivity index (χ2n) is 3.63. The summed E-state index contributed by atoms with van der Waals surface area (Å²) in [6.45, 7) is 0.816. The average Bonchev–Trinajstić information content (AvgIpc) is 2.75. The maximum Gasteiger partial charge on any atom is 0.155 e. The lowest BCUT2D eigenvalue weighted by molar-refractivity contribution is 0.0487. The third-order valence-electron chi connectivity index (χ3n) is 2.55. The largest absolute Gasteiger partial charge is 0.385 e. The predicted molar refractivity (Wildman–Crippen MR) is 49.6 cm³/mol. The molecule has 2 atom stereocenters. The van der Waals surface area contributed by atoms with Crippen LogP contribution in [0.4, 0.5) is 0 Å². The number of hydrogen-bond acceptors (Lipinski definition) is 4. The van der Waals surface area contributed by atoms with Crippen molar-refractivity contribution in [3.05, 3.63) is 12.2 Å². The smallest absolute Gasteiger partial charge is 0.155 e. The van der Waals surface area contributed by atoms with Crippen molar-refractivity contribution < 1.29 is 9.84 Å². The summed E-state index contributed by atoms with van der Waals surface area (Å²) in [6, 6.07) is 0. The molecule has 1 aliphatic rings. The molecule has 0 bridgehead atoms. The first kappa shape index (κ1) is 9.61. The molecule has 0 amide bonds. The second-order valence-corrected chi connectivity index (χ2v) is 3.63. The first-order valence-electron chi connectivity index (χ1n) is 4.91. The molecule has 2 heterocycles. The lowest BCUT2D eigenvalue weighted by atomic mass is 10.1. The van der Waals surface area contributed by atoms with E-state index in [1.54, 1.807) is 11.7 Å². The zero-order valence-corrected chi connectivity index (χ0v) is 8.26. The van der Waals surface area contributed by atoms with Gasteiger partial charge in [0.05, 0.1) is 6.10 Å². The van der Waals surface area contributed by atoms with Gasteiger partial charge in [0.2, 0.25) is 0 Å². The molecule has 2 rings (SSSR count). The van der Waals surface area contributed by atoms with Crippen molar-refractivity contribution in [1.82, 2.24) is 14.8 Å². The van der Waals surface area contributed by atoms with Gasteiger partial charge in [-0.15, -0.1) is 0 Å². The van der Waals surface area contributed by atoms with Gasteiger partial charge in [0.1, 0.15) is 12.4 Å². The Bertz CT molecular complexity index is 294. The molecular formula is C9H15N3O2. The van der Waals surface area contributed by atoms with Crippen LogP contribution in [0, 0.1) is 0 Å². The molecule has 5 heteroatoms. The lowest BCUT2D eigenvalue weighted by Crippen LogP contribution is -2.14. The average molecular weight is 197 g/mol. The molecule has 1 saturated heterocycles. The van der Waals surface area contributed by atoms with Gasteiger partial charge in [-0.25, -0.2) is 4.98 Å². The van der Waals surface area contributed by atoms with Gasteiger partial charge < -0.3 is 9.84 Å². The van der Waals surface area contributed by atoms with E-state index in [9.17, 15) is 5.11 Å². The van der Waals surface area contributed by atoms with E-state index >= 15 is 0 Å². The van der Waals surface area contributed by atoms with Crippen LogP contribution in [0.15, 0.2) is 6.33 Å². The van der Waals surface area contributed by atoms with Gasteiger partial charge in [0.15, 0.2) is 5.82 Å². The van der Waals surface area contributed by atoms with Crippen LogP contribution in [-0.2, 0) is 11.8 Å². The molecule has 5 nitrogen and oxygen atoms in total. The normalized spacial score (nSPS) is 24.0. The number of hydrogen-bond donors (Lipinski definition) is 1. The van der Waals surface area contributed by atoms with Gasteiger partial charge in [0, 0.05) is 20.1 Å². The molecular weight excluding hydrogens is 182 g/mol. The van der Waals surface area contributed by atoms with Crippen molar-refractivity contribution in [2.75, 3.05) is 6.61 Å². The van der Waals surface area contributed by atoms with Gasteiger partial charge in [-0.05, 0) is 12.8 Å². The van der Waals surface area contributed by atoms with E-state index in [1.807, 2.05) is 0 Å². The molecule has 14 heavy (non-hydrogen) atoms. The third-order valence-corrected chi connectivity index (χ3v) is 2.55. The maximum absolute atomic E-state index is 9.85. The zero-order chi connectivity index (χ0) is 9.97. The monoisotopic (exact) mass is 197 g/mol. The van der Waals surface area contributed by atoms with Gasteiger partial charge in [-0.1, -0.05) is 0 Å². The quantitative estimate of drug-likeness (QED) is 0.762. The fourth-order valence-corrected chi connectivity index (χ4v) is 1.79. The van der Waals surface area contributed by atoms with Crippen LogP contribution >= 0.6 is 0 Å². The topological polar surface area (TPSA) is 60.2 Å². The van der Waals surface area contributed by atoms with E-state index in [0.29, 0.717) is 12.2 Å². The number of rotatable bonds is 3. The number of ether oxygens (including phenoxy) is 1. The van der Waals surface area contributed by atoms with Crippen molar-refractivity contribution in [1.29, 1.82) is 0 Å². The minimum Gasteiger partial charge on any atom is -0.385 e. The minimum atomic E-state index is -0.564. The summed E-state index contributed by atoms with van der Waals surface area (Å²) in [5.41, 5.74) is 0. The van der Waals surface area contributed by atoms with E-state index in [2.05, 4.69) is 10.1 Å². The van der Waals surface area contributed by atoms with Crippen LogP contribution in [-0.4, -0.2) is 32.6 Å². The van der Waals surface area contributed by atoms with Crippen LogP contribution in [0.2, 0.25) is 0 Å². The van der Waals surface area contributed by atoms with Crippen molar-refractivity contribution in [3.63, 3.8) is 0 Å². The lowest BCUT2D eigenvalue weighted by Gasteiger charge is -2.14. The molecule has 1 aromatic heterocycles.